The van der Waals surface area contributed by atoms with Gasteiger partial charge < -0.3 is 10.2 Å². The summed E-state index contributed by atoms with van der Waals surface area (Å²) in [7, 11) is 0. The maximum absolute atomic E-state index is 13.2. The van der Waals surface area contributed by atoms with E-state index in [1.807, 2.05) is 36.1 Å². The Morgan fingerprint density at radius 1 is 1.07 bits per heavy atom. The number of rotatable bonds is 4. The third-order valence-corrected chi connectivity index (χ3v) is 4.96. The molecular weight excluding hydrogens is 348 g/mol. The zero-order valence-corrected chi connectivity index (χ0v) is 16.3. The maximum atomic E-state index is 13.2. The minimum absolute atomic E-state index is 0.0729. The maximum Gasteiger partial charge on any atom is 0.277 e. The lowest BCUT2D eigenvalue weighted by molar-refractivity contribution is 0.0980. The first-order chi connectivity index (χ1) is 13.6. The highest BCUT2D eigenvalue weighted by molar-refractivity contribution is 6.05. The van der Waals surface area contributed by atoms with Crippen LogP contribution in [0.1, 0.15) is 39.3 Å². The van der Waals surface area contributed by atoms with E-state index in [4.69, 9.17) is 0 Å². The molecule has 0 fully saturated rings. The van der Waals surface area contributed by atoms with Crippen LogP contribution in [-0.2, 0) is 13.0 Å². The van der Waals surface area contributed by atoms with E-state index in [9.17, 15) is 4.79 Å². The van der Waals surface area contributed by atoms with Crippen molar-refractivity contribution in [1.82, 2.24) is 9.97 Å². The number of carbonyl (C=O) groups excluding carboxylic acids is 1. The topological polar surface area (TPSA) is 58.1 Å². The molecule has 0 radical (unpaired) electrons. The summed E-state index contributed by atoms with van der Waals surface area (Å²) < 4.78 is 0. The van der Waals surface area contributed by atoms with E-state index in [1.165, 1.54) is 11.1 Å². The van der Waals surface area contributed by atoms with Gasteiger partial charge in [0.1, 0.15) is 5.69 Å². The summed E-state index contributed by atoms with van der Waals surface area (Å²) in [4.78, 5) is 24.0. The third-order valence-electron chi connectivity index (χ3n) is 4.96. The van der Waals surface area contributed by atoms with E-state index < -0.39 is 0 Å². The Bertz CT molecular complexity index is 1010. The van der Waals surface area contributed by atoms with Gasteiger partial charge in [-0.2, -0.15) is 0 Å². The first kappa shape index (κ1) is 18.2. The van der Waals surface area contributed by atoms with Crippen molar-refractivity contribution in [3.63, 3.8) is 0 Å². The van der Waals surface area contributed by atoms with Crippen molar-refractivity contribution >= 4 is 17.5 Å². The van der Waals surface area contributed by atoms with Crippen LogP contribution < -0.4 is 10.2 Å². The molecule has 2 heterocycles. The molecule has 28 heavy (non-hydrogen) atoms. The minimum atomic E-state index is -0.0729. The molecule has 0 saturated carbocycles. The quantitative estimate of drug-likeness (QED) is 0.742. The Morgan fingerprint density at radius 3 is 2.79 bits per heavy atom. The molecule has 0 saturated heterocycles. The van der Waals surface area contributed by atoms with Gasteiger partial charge in [-0.25, -0.2) is 9.97 Å². The summed E-state index contributed by atoms with van der Waals surface area (Å²) in [6.07, 6.45) is 1.97. The number of fused-ring (bicyclic) bond motifs is 1. The number of para-hydroxylation sites is 1. The smallest absolute Gasteiger partial charge is 0.277 e. The lowest BCUT2D eigenvalue weighted by Gasteiger charge is -2.29. The van der Waals surface area contributed by atoms with E-state index in [0.29, 0.717) is 24.7 Å². The number of nitrogens with one attached hydrogen (secondary N) is 1. The molecular formula is C23H24N4O. The van der Waals surface area contributed by atoms with Gasteiger partial charge in [0, 0.05) is 24.5 Å². The number of amides is 1. The van der Waals surface area contributed by atoms with Gasteiger partial charge in [-0.05, 0) is 49.9 Å². The van der Waals surface area contributed by atoms with E-state index in [0.717, 1.165) is 29.8 Å². The zero-order valence-electron chi connectivity index (χ0n) is 16.3. The molecule has 5 nitrogen and oxygen atoms in total. The molecule has 0 aliphatic carbocycles. The fraction of sp³-hybridized carbons (Fsp3) is 0.261. The lowest BCUT2D eigenvalue weighted by atomic mass is 10.0. The van der Waals surface area contributed by atoms with Gasteiger partial charge in [-0.3, -0.25) is 4.79 Å². The molecule has 0 unspecified atom stereocenters. The van der Waals surface area contributed by atoms with Crippen LogP contribution >= 0.6 is 0 Å². The van der Waals surface area contributed by atoms with Crippen LogP contribution in [0, 0.1) is 13.8 Å². The highest BCUT2D eigenvalue weighted by Gasteiger charge is 2.24. The predicted octanol–water partition coefficient (Wildman–Crippen LogP) is 4.30. The minimum Gasteiger partial charge on any atom is -0.350 e. The molecule has 0 spiro atoms. The highest BCUT2D eigenvalue weighted by Crippen LogP contribution is 2.28. The van der Waals surface area contributed by atoms with Crippen molar-refractivity contribution in [2.75, 3.05) is 16.8 Å². The molecule has 1 aliphatic rings. The molecule has 0 bridgehead atoms. The number of carbonyl (C=O) groups is 1. The number of nitrogens with zero attached hydrogens (tertiary/aromatic N) is 3. The zero-order chi connectivity index (χ0) is 19.5. The van der Waals surface area contributed by atoms with Gasteiger partial charge in [-0.1, -0.05) is 48.0 Å². The number of anilines is 2. The van der Waals surface area contributed by atoms with Crippen molar-refractivity contribution < 1.29 is 4.79 Å². The Balaban J connectivity index is 1.56. The second kappa shape index (κ2) is 7.80. The van der Waals surface area contributed by atoms with Gasteiger partial charge in [0.15, 0.2) is 0 Å². The Kier molecular flexibility index (Phi) is 5.06. The Hall–Kier alpha value is -3.21. The van der Waals surface area contributed by atoms with Crippen LogP contribution in [0.5, 0.6) is 0 Å². The fourth-order valence-corrected chi connectivity index (χ4v) is 3.64. The molecule has 1 aromatic heterocycles. The summed E-state index contributed by atoms with van der Waals surface area (Å²) in [5.74, 6) is 0.409. The van der Waals surface area contributed by atoms with Crippen LogP contribution in [0.3, 0.4) is 0 Å². The predicted molar refractivity (Wildman–Crippen MR) is 112 cm³/mol. The van der Waals surface area contributed by atoms with Crippen LogP contribution in [0.25, 0.3) is 0 Å². The summed E-state index contributed by atoms with van der Waals surface area (Å²) in [5, 5.41) is 3.25. The van der Waals surface area contributed by atoms with Gasteiger partial charge >= 0.3 is 0 Å². The van der Waals surface area contributed by atoms with E-state index in [2.05, 4.69) is 46.5 Å². The third kappa shape index (κ3) is 3.88. The molecule has 142 valence electrons. The molecule has 1 amide bonds. The monoisotopic (exact) mass is 372 g/mol. The number of aromatic nitrogens is 2. The van der Waals surface area contributed by atoms with Crippen molar-refractivity contribution in [3.05, 3.63) is 82.7 Å². The first-order valence-electron chi connectivity index (χ1n) is 9.65. The normalized spacial score (nSPS) is 13.1. The average molecular weight is 372 g/mol. The summed E-state index contributed by atoms with van der Waals surface area (Å²) in [6.45, 7) is 5.29. The van der Waals surface area contributed by atoms with Crippen LogP contribution in [-0.4, -0.2) is 22.4 Å². The summed E-state index contributed by atoms with van der Waals surface area (Å²) in [6, 6.07) is 18.2. The molecule has 0 atom stereocenters. The van der Waals surface area contributed by atoms with Gasteiger partial charge in [0.2, 0.25) is 5.95 Å². The molecule has 3 aromatic rings. The van der Waals surface area contributed by atoms with Crippen LogP contribution in [0.4, 0.5) is 11.6 Å². The first-order valence-corrected chi connectivity index (χ1v) is 9.65. The summed E-state index contributed by atoms with van der Waals surface area (Å²) in [5.41, 5.74) is 5.77. The molecule has 2 aromatic carbocycles. The SMILES string of the molecule is Cc1cccc(CNc2nc(C)cc(C(=O)N3CCCc4ccccc43)n2)c1. The van der Waals surface area contributed by atoms with Crippen molar-refractivity contribution in [2.24, 2.45) is 0 Å². The van der Waals surface area contributed by atoms with Gasteiger partial charge in [0.05, 0.1) is 0 Å². The summed E-state index contributed by atoms with van der Waals surface area (Å²) >= 11 is 0. The van der Waals surface area contributed by atoms with E-state index >= 15 is 0 Å². The molecule has 1 aliphatic heterocycles. The standard InChI is InChI=1S/C23H24N4O/c1-16-7-5-8-18(13-16)15-24-23-25-17(2)14-20(26-23)22(28)27-12-6-10-19-9-3-4-11-21(19)27/h3-5,7-9,11,13-14H,6,10,12,15H2,1-2H3,(H,24,25,26). The van der Waals surface area contributed by atoms with Gasteiger partial charge in [0.25, 0.3) is 5.91 Å². The van der Waals surface area contributed by atoms with Gasteiger partial charge in [-0.15, -0.1) is 0 Å². The number of hydrogen-bond acceptors (Lipinski definition) is 4. The van der Waals surface area contributed by atoms with Crippen molar-refractivity contribution in [3.8, 4) is 0 Å². The van der Waals surface area contributed by atoms with E-state index in [-0.39, 0.29) is 5.91 Å². The second-order valence-corrected chi connectivity index (χ2v) is 7.25. The highest BCUT2D eigenvalue weighted by atomic mass is 16.2. The van der Waals surface area contributed by atoms with Crippen molar-refractivity contribution in [2.45, 2.75) is 33.2 Å². The number of hydrogen-bond donors (Lipinski definition) is 1. The molecule has 1 N–H and O–H groups in total. The van der Waals surface area contributed by atoms with Crippen molar-refractivity contribution in [1.29, 1.82) is 0 Å². The Labute approximate surface area is 165 Å². The van der Waals surface area contributed by atoms with Crippen LogP contribution in [0.15, 0.2) is 54.6 Å². The fourth-order valence-electron chi connectivity index (χ4n) is 3.64. The number of benzene rings is 2. The largest absolute Gasteiger partial charge is 0.350 e. The lowest BCUT2D eigenvalue weighted by Crippen LogP contribution is -2.36. The molecule has 4 rings (SSSR count). The molecule has 5 heteroatoms. The average Bonchev–Trinajstić information content (AvgIpc) is 2.71. The second-order valence-electron chi connectivity index (χ2n) is 7.25. The van der Waals surface area contributed by atoms with Crippen LogP contribution in [0.2, 0.25) is 0 Å². The number of aryl methyl sites for hydroxylation is 3. The van der Waals surface area contributed by atoms with E-state index in [1.54, 1.807) is 6.07 Å². The Morgan fingerprint density at radius 2 is 1.93 bits per heavy atom.